The van der Waals surface area contributed by atoms with Crippen molar-refractivity contribution in [1.29, 1.82) is 5.26 Å². The molecule has 0 N–H and O–H groups in total. The second-order valence-electron chi connectivity index (χ2n) is 4.45. The Hall–Kier alpha value is -2.02. The van der Waals surface area contributed by atoms with Gasteiger partial charge in [0.1, 0.15) is 12.2 Å². The number of ketones is 1. The number of rotatable bonds is 5. The van der Waals surface area contributed by atoms with Gasteiger partial charge in [0.05, 0.1) is 11.5 Å². The van der Waals surface area contributed by atoms with Crippen LogP contribution in [-0.2, 0) is 16.0 Å². The number of pyridine rings is 1. The Morgan fingerprint density at radius 2 is 2.35 bits per heavy atom. The fourth-order valence-electron chi connectivity index (χ4n) is 1.46. The molecule has 17 heavy (non-hydrogen) atoms. The van der Waals surface area contributed by atoms with E-state index in [1.807, 2.05) is 6.07 Å². The molecule has 1 rings (SSSR count). The van der Waals surface area contributed by atoms with Crippen LogP contribution in [0.1, 0.15) is 19.4 Å². The average Bonchev–Trinajstić information content (AvgIpc) is 2.36. The van der Waals surface area contributed by atoms with Crippen molar-refractivity contribution in [3.8, 4) is 6.07 Å². The van der Waals surface area contributed by atoms with Crippen molar-refractivity contribution in [1.82, 2.24) is 4.98 Å². The summed E-state index contributed by atoms with van der Waals surface area (Å²) >= 11 is 0. The lowest BCUT2D eigenvalue weighted by molar-refractivity contribution is -0.134. The molecule has 1 unspecified atom stereocenters. The molecule has 0 saturated carbocycles. The summed E-state index contributed by atoms with van der Waals surface area (Å²) in [5, 5.41) is 9.01. The minimum atomic E-state index is -1.11. The molecule has 0 aliphatic carbocycles. The fraction of sp³-hybridized carbons (Fsp3) is 0.385. The van der Waals surface area contributed by atoms with Crippen LogP contribution in [0.2, 0.25) is 0 Å². The Kier molecular flexibility index (Phi) is 4.11. The Labute approximate surface area is 100 Å². The maximum absolute atomic E-state index is 12.0. The van der Waals surface area contributed by atoms with Gasteiger partial charge >= 0.3 is 0 Å². The Bertz CT molecular complexity index is 446. The first-order valence-corrected chi connectivity index (χ1v) is 5.30. The van der Waals surface area contributed by atoms with Gasteiger partial charge in [0.2, 0.25) is 0 Å². The van der Waals surface area contributed by atoms with Gasteiger partial charge in [-0.15, -0.1) is 0 Å². The minimum Gasteiger partial charge on any atom is -0.302 e. The van der Waals surface area contributed by atoms with E-state index in [4.69, 9.17) is 5.26 Å². The van der Waals surface area contributed by atoms with Crippen molar-refractivity contribution in [3.05, 3.63) is 30.1 Å². The highest BCUT2D eigenvalue weighted by atomic mass is 16.1. The highest BCUT2D eigenvalue weighted by Crippen LogP contribution is 2.21. The van der Waals surface area contributed by atoms with E-state index in [1.165, 1.54) is 13.8 Å². The molecule has 0 aliphatic rings. The van der Waals surface area contributed by atoms with Crippen molar-refractivity contribution in [2.24, 2.45) is 11.3 Å². The minimum absolute atomic E-state index is 0.292. The van der Waals surface area contributed by atoms with Gasteiger partial charge in [-0.25, -0.2) is 0 Å². The van der Waals surface area contributed by atoms with Crippen LogP contribution in [-0.4, -0.2) is 17.1 Å². The maximum Gasteiger partial charge on any atom is 0.162 e. The molecule has 0 bridgehead atoms. The zero-order chi connectivity index (χ0) is 12.9. The smallest absolute Gasteiger partial charge is 0.162 e. The first kappa shape index (κ1) is 13.0. The summed E-state index contributed by atoms with van der Waals surface area (Å²) in [6.07, 6.45) is 4.12. The van der Waals surface area contributed by atoms with Gasteiger partial charge in [0.15, 0.2) is 5.78 Å². The van der Waals surface area contributed by atoms with Gasteiger partial charge < -0.3 is 4.79 Å². The van der Waals surface area contributed by atoms with E-state index in [0.29, 0.717) is 12.7 Å². The zero-order valence-corrected chi connectivity index (χ0v) is 9.88. The molecule has 0 fully saturated rings. The van der Waals surface area contributed by atoms with Crippen molar-refractivity contribution in [2.45, 2.75) is 20.3 Å². The lowest BCUT2D eigenvalue weighted by Gasteiger charge is -2.18. The number of hydrogen-bond acceptors (Lipinski definition) is 4. The van der Waals surface area contributed by atoms with E-state index in [1.54, 1.807) is 24.5 Å². The highest BCUT2D eigenvalue weighted by molar-refractivity contribution is 5.99. The average molecular weight is 230 g/mol. The predicted octanol–water partition coefficient (Wildman–Crippen LogP) is 1.56. The van der Waals surface area contributed by atoms with E-state index >= 15 is 0 Å². The molecular formula is C13H14N2O2. The summed E-state index contributed by atoms with van der Waals surface area (Å²) < 4.78 is 0. The lowest BCUT2D eigenvalue weighted by atomic mass is 9.81. The number of hydrogen-bond donors (Lipinski definition) is 0. The topological polar surface area (TPSA) is 70.8 Å². The van der Waals surface area contributed by atoms with Gasteiger partial charge in [-0.1, -0.05) is 6.07 Å². The van der Waals surface area contributed by atoms with Gasteiger partial charge in [0, 0.05) is 12.4 Å². The van der Waals surface area contributed by atoms with Crippen LogP contribution >= 0.6 is 0 Å². The number of carbonyl (C=O) groups excluding carboxylic acids is 2. The van der Waals surface area contributed by atoms with E-state index in [-0.39, 0.29) is 5.78 Å². The number of aromatic nitrogens is 1. The monoisotopic (exact) mass is 230 g/mol. The first-order chi connectivity index (χ1) is 8.01. The molecule has 1 atom stereocenters. The number of carbonyl (C=O) groups is 2. The van der Waals surface area contributed by atoms with Gasteiger partial charge in [-0.2, -0.15) is 5.26 Å². The molecule has 0 saturated heterocycles. The van der Waals surface area contributed by atoms with Crippen LogP contribution in [0.3, 0.4) is 0 Å². The van der Waals surface area contributed by atoms with Crippen LogP contribution in [0, 0.1) is 22.7 Å². The summed E-state index contributed by atoms with van der Waals surface area (Å²) in [6, 6.07) is 5.51. The van der Waals surface area contributed by atoms with Crippen LogP contribution in [0.25, 0.3) is 0 Å². The van der Waals surface area contributed by atoms with Gasteiger partial charge in [-0.3, -0.25) is 9.78 Å². The molecule has 4 heteroatoms. The highest BCUT2D eigenvalue weighted by Gasteiger charge is 2.33. The summed E-state index contributed by atoms with van der Waals surface area (Å²) in [4.78, 5) is 26.7. The predicted molar refractivity (Wildman–Crippen MR) is 61.9 cm³/mol. The Morgan fingerprint density at radius 3 is 2.82 bits per heavy atom. The molecule has 1 aromatic heterocycles. The summed E-state index contributed by atoms with van der Waals surface area (Å²) in [6.45, 7) is 3.05. The third-order valence-electron chi connectivity index (χ3n) is 2.56. The summed E-state index contributed by atoms with van der Waals surface area (Å²) in [5.41, 5.74) is -0.295. The normalized spacial score (nSPS) is 12.5. The molecular weight excluding hydrogens is 216 g/mol. The first-order valence-electron chi connectivity index (χ1n) is 5.30. The number of Topliss-reactive ketones (excluding diaryl/α,β-unsaturated/α-hetero) is 1. The van der Waals surface area contributed by atoms with Crippen molar-refractivity contribution in [2.75, 3.05) is 0 Å². The van der Waals surface area contributed by atoms with E-state index in [2.05, 4.69) is 4.98 Å². The van der Waals surface area contributed by atoms with E-state index in [0.717, 1.165) is 5.56 Å². The molecule has 4 nitrogen and oxygen atoms in total. The molecule has 0 amide bonds. The van der Waals surface area contributed by atoms with Crippen molar-refractivity contribution < 1.29 is 9.59 Å². The zero-order valence-electron chi connectivity index (χ0n) is 9.88. The third-order valence-corrected chi connectivity index (χ3v) is 2.56. The molecule has 1 heterocycles. The van der Waals surface area contributed by atoms with Crippen LogP contribution in [0.4, 0.5) is 0 Å². The molecule has 1 aromatic rings. The molecule has 0 radical (unpaired) electrons. The standard InChI is InChI=1S/C13H14N2O2/c1-13(2,9-16)12(17)11(7-14)6-10-4-3-5-15-8-10/h3-5,8-9,11H,6H2,1-2H3. The quantitative estimate of drug-likeness (QED) is 0.568. The number of nitriles is 1. The summed E-state index contributed by atoms with van der Waals surface area (Å²) in [5.74, 6) is -1.15. The Morgan fingerprint density at radius 1 is 1.65 bits per heavy atom. The number of nitrogens with zero attached hydrogens (tertiary/aromatic N) is 2. The Balaban J connectivity index is 2.85. The second kappa shape index (κ2) is 5.35. The molecule has 0 aromatic carbocycles. The molecule has 88 valence electrons. The summed E-state index contributed by atoms with van der Waals surface area (Å²) in [7, 11) is 0. The van der Waals surface area contributed by atoms with Crippen LogP contribution < -0.4 is 0 Å². The molecule has 0 spiro atoms. The third kappa shape index (κ3) is 3.22. The fourth-order valence-corrected chi connectivity index (χ4v) is 1.46. The van der Waals surface area contributed by atoms with Crippen LogP contribution in [0.5, 0.6) is 0 Å². The van der Waals surface area contributed by atoms with Crippen molar-refractivity contribution in [3.63, 3.8) is 0 Å². The van der Waals surface area contributed by atoms with Gasteiger partial charge in [0.25, 0.3) is 0 Å². The van der Waals surface area contributed by atoms with Gasteiger partial charge in [-0.05, 0) is 31.9 Å². The van der Waals surface area contributed by atoms with E-state index < -0.39 is 11.3 Å². The largest absolute Gasteiger partial charge is 0.302 e. The van der Waals surface area contributed by atoms with Crippen LogP contribution in [0.15, 0.2) is 24.5 Å². The SMILES string of the molecule is CC(C)(C=O)C(=O)C(C#N)Cc1cccnc1. The second-order valence-corrected chi connectivity index (χ2v) is 4.45. The van der Waals surface area contributed by atoms with E-state index in [9.17, 15) is 9.59 Å². The molecule has 0 aliphatic heterocycles. The maximum atomic E-state index is 12.0. The number of aldehydes is 1. The lowest BCUT2D eigenvalue weighted by Crippen LogP contribution is -2.32. The van der Waals surface area contributed by atoms with Crippen molar-refractivity contribution >= 4 is 12.1 Å².